The van der Waals surface area contributed by atoms with E-state index in [2.05, 4.69) is 20.8 Å². The lowest BCUT2D eigenvalue weighted by Crippen LogP contribution is -2.02. The quantitative estimate of drug-likeness (QED) is 0.735. The zero-order valence-electron chi connectivity index (χ0n) is 12.1. The third-order valence-corrected chi connectivity index (χ3v) is 3.81. The lowest BCUT2D eigenvalue weighted by atomic mass is 9.89. The summed E-state index contributed by atoms with van der Waals surface area (Å²) in [5, 5.41) is 20.1. The summed E-state index contributed by atoms with van der Waals surface area (Å²) in [4.78, 5) is 0. The first kappa shape index (κ1) is 14.9. The minimum Gasteiger partial charge on any atom is -0.504 e. The summed E-state index contributed by atoms with van der Waals surface area (Å²) in [5.74, 6) is 0.177. The van der Waals surface area contributed by atoms with Gasteiger partial charge in [0.1, 0.15) is 0 Å². The first-order valence-electron chi connectivity index (χ1n) is 7.07. The highest BCUT2D eigenvalue weighted by molar-refractivity contribution is 5.57. The maximum atomic E-state index is 10.2. The van der Waals surface area contributed by atoms with Crippen molar-refractivity contribution in [3.05, 3.63) is 22.3 Å². The first-order chi connectivity index (χ1) is 8.54. The number of phenolic OH excluding ortho intramolecular Hbond substituents is 2. The largest absolute Gasteiger partial charge is 0.504 e. The van der Waals surface area contributed by atoms with Crippen LogP contribution in [0.15, 0.2) is 0 Å². The summed E-state index contributed by atoms with van der Waals surface area (Å²) in [7, 11) is 0. The fraction of sp³-hybridized carbons (Fsp3) is 0.625. The molecule has 0 saturated carbocycles. The molecular weight excluding hydrogens is 224 g/mol. The maximum Gasteiger partial charge on any atom is 0.161 e. The Kier molecular flexibility index (Phi) is 5.52. The molecule has 0 saturated heterocycles. The van der Waals surface area contributed by atoms with Crippen LogP contribution in [-0.4, -0.2) is 10.2 Å². The summed E-state index contributed by atoms with van der Waals surface area (Å²) >= 11 is 0. The van der Waals surface area contributed by atoms with E-state index in [0.29, 0.717) is 0 Å². The molecule has 0 aliphatic heterocycles. The van der Waals surface area contributed by atoms with Gasteiger partial charge in [0.15, 0.2) is 11.5 Å². The van der Waals surface area contributed by atoms with Crippen molar-refractivity contribution in [2.24, 2.45) is 0 Å². The van der Waals surface area contributed by atoms with Crippen molar-refractivity contribution in [1.29, 1.82) is 0 Å². The Labute approximate surface area is 111 Å². The van der Waals surface area contributed by atoms with Crippen molar-refractivity contribution in [1.82, 2.24) is 0 Å². The Hall–Kier alpha value is -1.18. The monoisotopic (exact) mass is 250 g/mol. The number of rotatable bonds is 6. The molecule has 0 unspecified atom stereocenters. The van der Waals surface area contributed by atoms with Crippen molar-refractivity contribution < 1.29 is 10.2 Å². The van der Waals surface area contributed by atoms with E-state index in [1.54, 1.807) is 0 Å². The van der Waals surface area contributed by atoms with Gasteiger partial charge in [-0.05, 0) is 56.2 Å². The molecule has 2 heteroatoms. The van der Waals surface area contributed by atoms with Crippen LogP contribution in [0.3, 0.4) is 0 Å². The summed E-state index contributed by atoms with van der Waals surface area (Å²) in [6.07, 6.45) is 6.28. The van der Waals surface area contributed by atoms with Crippen LogP contribution < -0.4 is 0 Å². The van der Waals surface area contributed by atoms with Crippen molar-refractivity contribution in [2.45, 2.75) is 66.2 Å². The van der Waals surface area contributed by atoms with E-state index in [1.165, 1.54) is 5.56 Å². The van der Waals surface area contributed by atoms with Gasteiger partial charge in [0.05, 0.1) is 0 Å². The van der Waals surface area contributed by atoms with Crippen molar-refractivity contribution in [3.63, 3.8) is 0 Å². The molecule has 0 fully saturated rings. The topological polar surface area (TPSA) is 40.5 Å². The molecule has 0 aromatic heterocycles. The minimum atomic E-state index is 0.0684. The zero-order valence-corrected chi connectivity index (χ0v) is 12.1. The molecule has 1 aromatic rings. The minimum absolute atomic E-state index is 0.0684. The van der Waals surface area contributed by atoms with Gasteiger partial charge in [-0.1, -0.05) is 26.7 Å². The fourth-order valence-corrected chi connectivity index (χ4v) is 2.41. The molecule has 0 aliphatic rings. The number of hydrogen-bond acceptors (Lipinski definition) is 2. The summed E-state index contributed by atoms with van der Waals surface area (Å²) < 4.78 is 0. The van der Waals surface area contributed by atoms with Crippen LogP contribution in [0.5, 0.6) is 11.5 Å². The SMILES string of the molecule is CCCCc1c(C)c(C)c(O)c(O)c1CCCC. The number of unbranched alkanes of at least 4 members (excludes halogenated alkanes) is 2. The van der Waals surface area contributed by atoms with Gasteiger partial charge >= 0.3 is 0 Å². The van der Waals surface area contributed by atoms with Crippen molar-refractivity contribution >= 4 is 0 Å². The van der Waals surface area contributed by atoms with Gasteiger partial charge in [-0.3, -0.25) is 0 Å². The lowest BCUT2D eigenvalue weighted by Gasteiger charge is -2.18. The number of benzene rings is 1. The zero-order chi connectivity index (χ0) is 13.7. The molecule has 0 heterocycles. The van der Waals surface area contributed by atoms with Crippen LogP contribution in [0.1, 0.15) is 61.8 Å². The summed E-state index contributed by atoms with van der Waals surface area (Å²) in [6.45, 7) is 8.25. The molecule has 1 aromatic carbocycles. The Morgan fingerprint density at radius 1 is 0.722 bits per heavy atom. The lowest BCUT2D eigenvalue weighted by molar-refractivity contribution is 0.394. The van der Waals surface area contributed by atoms with Gasteiger partial charge in [-0.2, -0.15) is 0 Å². The Morgan fingerprint density at radius 3 is 1.72 bits per heavy atom. The van der Waals surface area contributed by atoms with Gasteiger partial charge in [0.2, 0.25) is 0 Å². The molecule has 0 amide bonds. The Balaban J connectivity index is 3.24. The molecule has 102 valence electrons. The number of aromatic hydroxyl groups is 2. The highest BCUT2D eigenvalue weighted by atomic mass is 16.3. The third-order valence-electron chi connectivity index (χ3n) is 3.81. The normalized spacial score (nSPS) is 10.9. The molecule has 0 radical (unpaired) electrons. The molecule has 0 aliphatic carbocycles. The molecular formula is C16H26O2. The van der Waals surface area contributed by atoms with Crippen molar-refractivity contribution in [3.8, 4) is 11.5 Å². The number of phenols is 2. The van der Waals surface area contributed by atoms with Gasteiger partial charge in [0, 0.05) is 5.56 Å². The van der Waals surface area contributed by atoms with E-state index in [-0.39, 0.29) is 11.5 Å². The van der Waals surface area contributed by atoms with Crippen LogP contribution >= 0.6 is 0 Å². The fourth-order valence-electron chi connectivity index (χ4n) is 2.41. The van der Waals surface area contributed by atoms with E-state index in [0.717, 1.165) is 55.2 Å². The van der Waals surface area contributed by atoms with Crippen LogP contribution in [0.25, 0.3) is 0 Å². The van der Waals surface area contributed by atoms with E-state index in [1.807, 2.05) is 6.92 Å². The van der Waals surface area contributed by atoms with Crippen molar-refractivity contribution in [2.75, 3.05) is 0 Å². The summed E-state index contributed by atoms with van der Waals surface area (Å²) in [6, 6.07) is 0. The predicted octanol–water partition coefficient (Wildman–Crippen LogP) is 4.40. The first-order valence-corrected chi connectivity index (χ1v) is 7.07. The number of hydrogen-bond donors (Lipinski definition) is 2. The summed E-state index contributed by atoms with van der Waals surface area (Å²) in [5.41, 5.74) is 4.17. The van der Waals surface area contributed by atoms with E-state index >= 15 is 0 Å². The van der Waals surface area contributed by atoms with Gasteiger partial charge in [0.25, 0.3) is 0 Å². The molecule has 2 N–H and O–H groups in total. The van der Waals surface area contributed by atoms with Gasteiger partial charge < -0.3 is 10.2 Å². The Morgan fingerprint density at radius 2 is 1.22 bits per heavy atom. The second-order valence-electron chi connectivity index (χ2n) is 5.11. The van der Waals surface area contributed by atoms with Crippen LogP contribution in [0.2, 0.25) is 0 Å². The smallest absolute Gasteiger partial charge is 0.161 e. The predicted molar refractivity (Wildman–Crippen MR) is 76.5 cm³/mol. The van der Waals surface area contributed by atoms with Crippen LogP contribution in [0, 0.1) is 13.8 Å². The van der Waals surface area contributed by atoms with E-state index in [9.17, 15) is 10.2 Å². The Bertz CT molecular complexity index is 369. The molecule has 0 atom stereocenters. The van der Waals surface area contributed by atoms with Crippen LogP contribution in [0.4, 0.5) is 0 Å². The average Bonchev–Trinajstić information content (AvgIpc) is 2.38. The standard InChI is InChI=1S/C16H26O2/c1-5-7-9-13-11(3)12(4)15(17)16(18)14(13)10-8-6-2/h17-18H,5-10H2,1-4H3. The molecule has 2 nitrogen and oxygen atoms in total. The third kappa shape index (κ3) is 2.98. The average molecular weight is 250 g/mol. The van der Waals surface area contributed by atoms with E-state index in [4.69, 9.17) is 0 Å². The molecule has 0 bridgehead atoms. The maximum absolute atomic E-state index is 10.2. The molecule has 18 heavy (non-hydrogen) atoms. The highest BCUT2D eigenvalue weighted by Gasteiger charge is 2.18. The van der Waals surface area contributed by atoms with Crippen LogP contribution in [-0.2, 0) is 12.8 Å². The second kappa shape index (κ2) is 6.67. The molecule has 0 spiro atoms. The van der Waals surface area contributed by atoms with E-state index < -0.39 is 0 Å². The van der Waals surface area contributed by atoms with Gasteiger partial charge in [-0.15, -0.1) is 0 Å². The van der Waals surface area contributed by atoms with Gasteiger partial charge in [-0.25, -0.2) is 0 Å². The molecule has 1 rings (SSSR count). The highest BCUT2D eigenvalue weighted by Crippen LogP contribution is 2.39. The second-order valence-corrected chi connectivity index (χ2v) is 5.11.